The highest BCUT2D eigenvalue weighted by Crippen LogP contribution is 2.28. The van der Waals surface area contributed by atoms with Gasteiger partial charge in [0.25, 0.3) is 11.6 Å². The fourth-order valence-corrected chi connectivity index (χ4v) is 3.87. The summed E-state index contributed by atoms with van der Waals surface area (Å²) in [5.41, 5.74) is 2.87. The van der Waals surface area contributed by atoms with E-state index in [1.165, 1.54) is 11.6 Å². The number of carbonyl (C=O) groups excluding carboxylic acids is 1. The molecule has 0 saturated carbocycles. The van der Waals surface area contributed by atoms with Crippen LogP contribution >= 0.6 is 0 Å². The normalized spacial score (nSPS) is 13.8. The molecular weight excluding hydrogens is 410 g/mol. The number of piperazine rings is 1. The highest BCUT2D eigenvalue weighted by atomic mass is 16.6. The van der Waals surface area contributed by atoms with Gasteiger partial charge < -0.3 is 19.0 Å². The lowest BCUT2D eigenvalue weighted by Crippen LogP contribution is -2.48. The zero-order chi connectivity index (χ0) is 22.7. The van der Waals surface area contributed by atoms with Gasteiger partial charge in [-0.05, 0) is 43.7 Å². The summed E-state index contributed by atoms with van der Waals surface area (Å²) in [4.78, 5) is 27.4. The monoisotopic (exact) mass is 435 g/mol. The first kappa shape index (κ1) is 21.4. The summed E-state index contributed by atoms with van der Waals surface area (Å²) in [6.07, 6.45) is 0. The Morgan fingerprint density at radius 1 is 1.06 bits per heavy atom. The number of hydrogen-bond acceptors (Lipinski definition) is 6. The van der Waals surface area contributed by atoms with Crippen LogP contribution in [-0.2, 0) is 6.61 Å². The Morgan fingerprint density at radius 2 is 1.81 bits per heavy atom. The molecule has 1 saturated heterocycles. The molecule has 8 nitrogen and oxygen atoms in total. The Balaban J connectivity index is 1.35. The van der Waals surface area contributed by atoms with Gasteiger partial charge in [-0.25, -0.2) is 0 Å². The van der Waals surface area contributed by atoms with Gasteiger partial charge in [-0.3, -0.25) is 14.9 Å². The van der Waals surface area contributed by atoms with Crippen molar-refractivity contribution in [2.24, 2.45) is 0 Å². The number of nitro groups is 1. The lowest BCUT2D eigenvalue weighted by molar-refractivity contribution is -0.384. The van der Waals surface area contributed by atoms with E-state index >= 15 is 0 Å². The van der Waals surface area contributed by atoms with Gasteiger partial charge in [0.05, 0.1) is 4.92 Å². The quantitative estimate of drug-likeness (QED) is 0.423. The SMILES string of the molecule is Cc1ccc(OCc2ccc(C(=O)N3CCN(c4ccccc4[N+](=O)[O-])CC3)o2)c(C)c1. The molecule has 0 N–H and O–H groups in total. The van der Waals surface area contributed by atoms with E-state index in [0.717, 1.165) is 11.3 Å². The first-order valence-corrected chi connectivity index (χ1v) is 10.5. The van der Waals surface area contributed by atoms with Crippen molar-refractivity contribution in [1.29, 1.82) is 0 Å². The van der Waals surface area contributed by atoms with Crippen molar-refractivity contribution >= 4 is 17.3 Å². The molecule has 4 rings (SSSR count). The molecule has 1 aromatic heterocycles. The minimum atomic E-state index is -0.378. The van der Waals surface area contributed by atoms with E-state index in [1.807, 2.05) is 30.9 Å². The molecule has 0 bridgehead atoms. The third-order valence-electron chi connectivity index (χ3n) is 5.56. The second-order valence-corrected chi connectivity index (χ2v) is 7.85. The van der Waals surface area contributed by atoms with Gasteiger partial charge in [-0.1, -0.05) is 29.8 Å². The Bertz CT molecular complexity index is 1130. The van der Waals surface area contributed by atoms with Crippen molar-refractivity contribution in [2.45, 2.75) is 20.5 Å². The molecule has 1 aliphatic heterocycles. The van der Waals surface area contributed by atoms with Crippen molar-refractivity contribution in [3.05, 3.63) is 87.4 Å². The number of rotatable bonds is 6. The van der Waals surface area contributed by atoms with Gasteiger partial charge in [0.1, 0.15) is 23.8 Å². The number of nitro benzene ring substituents is 1. The van der Waals surface area contributed by atoms with Gasteiger partial charge >= 0.3 is 0 Å². The zero-order valence-electron chi connectivity index (χ0n) is 18.1. The molecule has 1 fully saturated rings. The summed E-state index contributed by atoms with van der Waals surface area (Å²) in [5.74, 6) is 1.44. The van der Waals surface area contributed by atoms with Crippen LogP contribution in [0.4, 0.5) is 11.4 Å². The molecule has 0 radical (unpaired) electrons. The summed E-state index contributed by atoms with van der Waals surface area (Å²) in [6, 6.07) is 16.1. The second-order valence-electron chi connectivity index (χ2n) is 7.85. The summed E-state index contributed by atoms with van der Waals surface area (Å²) in [7, 11) is 0. The molecule has 0 atom stereocenters. The average molecular weight is 435 g/mol. The molecule has 1 aliphatic rings. The van der Waals surface area contributed by atoms with Gasteiger partial charge in [0.2, 0.25) is 0 Å². The highest BCUT2D eigenvalue weighted by molar-refractivity contribution is 5.91. The summed E-state index contributed by atoms with van der Waals surface area (Å²) >= 11 is 0. The van der Waals surface area contributed by atoms with E-state index in [2.05, 4.69) is 6.07 Å². The van der Waals surface area contributed by atoms with Gasteiger partial charge in [-0.15, -0.1) is 0 Å². The summed E-state index contributed by atoms with van der Waals surface area (Å²) in [6.45, 7) is 6.20. The molecule has 1 amide bonds. The van der Waals surface area contributed by atoms with Gasteiger partial charge in [0, 0.05) is 32.2 Å². The second kappa shape index (κ2) is 9.13. The van der Waals surface area contributed by atoms with Crippen LogP contribution in [0.25, 0.3) is 0 Å². The van der Waals surface area contributed by atoms with E-state index in [4.69, 9.17) is 9.15 Å². The number of nitrogens with zero attached hydrogens (tertiary/aromatic N) is 3. The molecule has 2 aromatic carbocycles. The topological polar surface area (TPSA) is 89.1 Å². The molecule has 0 spiro atoms. The molecular formula is C24H25N3O5. The number of furan rings is 1. The van der Waals surface area contributed by atoms with Crippen LogP contribution in [0.5, 0.6) is 5.75 Å². The Morgan fingerprint density at radius 3 is 2.53 bits per heavy atom. The standard InChI is InChI=1S/C24H25N3O5/c1-17-7-9-22(18(2)15-17)31-16-19-8-10-23(32-19)24(28)26-13-11-25(12-14-26)20-5-3-4-6-21(20)27(29)30/h3-10,15H,11-14,16H2,1-2H3. The van der Waals surface area contributed by atoms with Crippen LogP contribution in [0, 0.1) is 24.0 Å². The maximum absolute atomic E-state index is 12.9. The van der Waals surface area contributed by atoms with Gasteiger partial charge in [0.15, 0.2) is 5.76 Å². The Labute approximate surface area is 186 Å². The molecule has 32 heavy (non-hydrogen) atoms. The smallest absolute Gasteiger partial charge is 0.292 e. The lowest BCUT2D eigenvalue weighted by Gasteiger charge is -2.35. The maximum atomic E-state index is 12.9. The number of hydrogen-bond donors (Lipinski definition) is 0. The van der Waals surface area contributed by atoms with Crippen molar-refractivity contribution in [3.8, 4) is 5.75 Å². The molecule has 2 heterocycles. The van der Waals surface area contributed by atoms with Crippen LogP contribution in [0.1, 0.15) is 27.4 Å². The van der Waals surface area contributed by atoms with Crippen LogP contribution in [0.2, 0.25) is 0 Å². The fraction of sp³-hybridized carbons (Fsp3) is 0.292. The Hall–Kier alpha value is -3.81. The minimum Gasteiger partial charge on any atom is -0.485 e. The lowest BCUT2D eigenvalue weighted by atomic mass is 10.1. The highest BCUT2D eigenvalue weighted by Gasteiger charge is 2.27. The molecule has 3 aromatic rings. The third kappa shape index (κ3) is 4.59. The zero-order valence-corrected chi connectivity index (χ0v) is 18.1. The molecule has 8 heteroatoms. The summed E-state index contributed by atoms with van der Waals surface area (Å²) < 4.78 is 11.6. The number of amides is 1. The van der Waals surface area contributed by atoms with Crippen LogP contribution in [0.3, 0.4) is 0 Å². The van der Waals surface area contributed by atoms with E-state index in [0.29, 0.717) is 37.6 Å². The van der Waals surface area contributed by atoms with Crippen LogP contribution < -0.4 is 9.64 Å². The predicted octanol–water partition coefficient (Wildman–Crippen LogP) is 4.35. The molecule has 0 unspecified atom stereocenters. The number of para-hydroxylation sites is 2. The summed E-state index contributed by atoms with van der Waals surface area (Å²) in [5, 5.41) is 11.3. The molecule has 166 valence electrons. The molecule has 0 aliphatic carbocycles. The van der Waals surface area contributed by atoms with Crippen LogP contribution in [0.15, 0.2) is 59.0 Å². The number of carbonyl (C=O) groups is 1. The van der Waals surface area contributed by atoms with Crippen LogP contribution in [-0.4, -0.2) is 41.9 Å². The van der Waals surface area contributed by atoms with Crippen molar-refractivity contribution in [2.75, 3.05) is 31.1 Å². The van der Waals surface area contributed by atoms with Crippen molar-refractivity contribution in [3.63, 3.8) is 0 Å². The Kier molecular flexibility index (Phi) is 6.11. The fourth-order valence-electron chi connectivity index (χ4n) is 3.87. The maximum Gasteiger partial charge on any atom is 0.292 e. The van der Waals surface area contributed by atoms with E-state index in [-0.39, 0.29) is 28.9 Å². The first-order valence-electron chi connectivity index (χ1n) is 10.5. The van der Waals surface area contributed by atoms with E-state index in [9.17, 15) is 14.9 Å². The largest absolute Gasteiger partial charge is 0.485 e. The number of anilines is 1. The predicted molar refractivity (Wildman–Crippen MR) is 120 cm³/mol. The first-order chi connectivity index (χ1) is 15.4. The van der Waals surface area contributed by atoms with E-state index in [1.54, 1.807) is 35.2 Å². The van der Waals surface area contributed by atoms with E-state index < -0.39 is 0 Å². The van der Waals surface area contributed by atoms with Crippen molar-refractivity contribution in [1.82, 2.24) is 4.90 Å². The average Bonchev–Trinajstić information content (AvgIpc) is 3.27. The van der Waals surface area contributed by atoms with Gasteiger partial charge in [-0.2, -0.15) is 0 Å². The number of aryl methyl sites for hydroxylation is 2. The minimum absolute atomic E-state index is 0.0757. The number of benzene rings is 2. The number of ether oxygens (including phenoxy) is 1. The van der Waals surface area contributed by atoms with Crippen molar-refractivity contribution < 1.29 is 18.9 Å². The third-order valence-corrected chi connectivity index (χ3v) is 5.56.